The van der Waals surface area contributed by atoms with Crippen molar-refractivity contribution in [2.24, 2.45) is 0 Å². The molecule has 0 spiro atoms. The van der Waals surface area contributed by atoms with Crippen LogP contribution in [0, 0.1) is 11.8 Å². The molecule has 2 heterocycles. The molecule has 63 heavy (non-hydrogen) atoms. The van der Waals surface area contributed by atoms with Gasteiger partial charge in [0, 0.05) is 50.3 Å². The first-order valence-electron chi connectivity index (χ1n) is 18.3. The molecule has 0 saturated carbocycles. The van der Waals surface area contributed by atoms with Gasteiger partial charge in [-0.15, -0.1) is 0 Å². The molecular formula is C31H46N5O22P3S2. The van der Waals surface area contributed by atoms with Gasteiger partial charge in [0.2, 0.25) is 17.7 Å². The third-order valence-corrected chi connectivity index (χ3v) is 14.2. The second-order valence-electron chi connectivity index (χ2n) is 13.2. The van der Waals surface area contributed by atoms with E-state index in [4.69, 9.17) is 24.7 Å². The molecule has 1 aromatic heterocycles. The number of aliphatic carboxylic acids is 2. The van der Waals surface area contributed by atoms with Crippen molar-refractivity contribution in [2.45, 2.75) is 95.2 Å². The number of aliphatic hydroxyl groups excluding tert-OH is 1. The summed E-state index contributed by atoms with van der Waals surface area (Å²) in [6, 6.07) is -2.33. The van der Waals surface area contributed by atoms with Crippen LogP contribution in [-0.2, 0) is 60.3 Å². The minimum atomic E-state index is -5.80. The Bertz CT molecular complexity index is 2140. The fraction of sp³-hybridized carbons (Fsp3) is 0.613. The molecule has 1 aromatic rings. The van der Waals surface area contributed by atoms with Crippen molar-refractivity contribution in [3.8, 4) is 11.8 Å². The van der Waals surface area contributed by atoms with Crippen molar-refractivity contribution in [3.05, 3.63) is 32.6 Å². The number of ketones is 1. The van der Waals surface area contributed by atoms with Crippen molar-refractivity contribution in [2.75, 3.05) is 24.7 Å². The summed E-state index contributed by atoms with van der Waals surface area (Å²) in [6.45, 7) is 0.0390. The van der Waals surface area contributed by atoms with E-state index in [0.29, 0.717) is 31.4 Å². The Morgan fingerprint density at radius 3 is 2.21 bits per heavy atom. The van der Waals surface area contributed by atoms with Gasteiger partial charge >= 0.3 is 41.1 Å². The molecule has 0 aliphatic carbocycles. The Morgan fingerprint density at radius 2 is 1.59 bits per heavy atom. The first-order chi connectivity index (χ1) is 29.3. The average molecular weight is 998 g/mol. The lowest BCUT2D eigenvalue weighted by Gasteiger charge is -2.19. The minimum absolute atomic E-state index is 0.0214. The highest BCUT2D eigenvalue weighted by Crippen LogP contribution is 2.66. The summed E-state index contributed by atoms with van der Waals surface area (Å²) >= 11 is 0. The molecule has 1 aliphatic rings. The molecule has 7 atom stereocenters. The molecule has 32 heteroatoms. The van der Waals surface area contributed by atoms with Crippen LogP contribution >= 0.6 is 45.1 Å². The third-order valence-electron chi connectivity index (χ3n) is 7.98. The number of phosphoric acid groups is 3. The van der Waals surface area contributed by atoms with Gasteiger partial charge in [0.25, 0.3) is 5.56 Å². The van der Waals surface area contributed by atoms with Crippen LogP contribution in [-0.4, -0.2) is 129 Å². The smallest absolute Gasteiger partial charge is 0.481 e. The summed E-state index contributed by atoms with van der Waals surface area (Å²) in [5, 5.41) is 35.4. The molecule has 354 valence electrons. The molecule has 0 bridgehead atoms. The summed E-state index contributed by atoms with van der Waals surface area (Å²) in [7, 11) is -14.4. The van der Waals surface area contributed by atoms with Crippen molar-refractivity contribution in [1.82, 2.24) is 25.5 Å². The van der Waals surface area contributed by atoms with Crippen LogP contribution in [0.3, 0.4) is 0 Å². The lowest BCUT2D eigenvalue weighted by Crippen LogP contribution is -2.42. The van der Waals surface area contributed by atoms with Gasteiger partial charge in [-0.3, -0.25) is 42.8 Å². The largest absolute Gasteiger partial charge is 0.490 e. The van der Waals surface area contributed by atoms with Crippen LogP contribution < -0.4 is 27.2 Å². The number of carboxylic acids is 2. The molecule has 11 N–H and O–H groups in total. The summed E-state index contributed by atoms with van der Waals surface area (Å²) < 4.78 is 52.3. The number of phosphoric ester groups is 1. The highest BCUT2D eigenvalue weighted by Gasteiger charge is 2.43. The first-order valence-corrected chi connectivity index (χ1v) is 25.3. The number of ether oxygens (including phenoxy) is 1. The Balaban J connectivity index is 1.77. The van der Waals surface area contributed by atoms with Gasteiger partial charge in [-0.2, -0.15) is 8.62 Å². The zero-order valence-electron chi connectivity index (χ0n) is 33.0. The van der Waals surface area contributed by atoms with Crippen LogP contribution in [0.4, 0.5) is 0 Å². The third kappa shape index (κ3) is 22.7. The molecule has 3 amide bonds. The van der Waals surface area contributed by atoms with Crippen molar-refractivity contribution in [3.63, 3.8) is 0 Å². The van der Waals surface area contributed by atoms with Gasteiger partial charge in [0.1, 0.15) is 23.9 Å². The van der Waals surface area contributed by atoms with Crippen LogP contribution in [0.15, 0.2) is 15.8 Å². The van der Waals surface area contributed by atoms with Gasteiger partial charge in [-0.05, 0) is 12.8 Å². The second-order valence-corrected chi connectivity index (χ2v) is 20.2. The molecule has 1 aliphatic heterocycles. The summed E-state index contributed by atoms with van der Waals surface area (Å²) in [5.41, 5.74) is -2.17. The van der Waals surface area contributed by atoms with E-state index in [0.717, 1.165) is 10.8 Å². The number of carbonyl (C=O) groups excluding carboxylic acids is 4. The van der Waals surface area contributed by atoms with Crippen LogP contribution in [0.1, 0.15) is 76.5 Å². The Morgan fingerprint density at radius 1 is 0.921 bits per heavy atom. The predicted molar refractivity (Wildman–Crippen MR) is 217 cm³/mol. The Hall–Kier alpha value is -3.71. The van der Waals surface area contributed by atoms with Crippen molar-refractivity contribution in [1.29, 1.82) is 0 Å². The van der Waals surface area contributed by atoms with Gasteiger partial charge in [-0.25, -0.2) is 23.3 Å². The number of aromatic nitrogens is 2. The number of nitrogens with one attached hydrogen (secondary N) is 4. The maximum Gasteiger partial charge on any atom is 0.490 e. The SMILES string of the molecule is CC(=O)NC(CSSCCC(=O)NCC#Cc1cn(C2CC(O)C(COP(=O)(O)OP(=O)(O)OP(=O)(O)O)O2)c(=O)[nH]c1=O)C(=O)CCCCCCC(=O)NC(CC(=O)O)C(=O)O. The van der Waals surface area contributed by atoms with E-state index in [2.05, 4.69) is 40.9 Å². The number of unbranched alkanes of at least 4 members (excludes halogenated alkanes) is 3. The number of amides is 3. The number of hydrogen-bond donors (Lipinski definition) is 11. The zero-order chi connectivity index (χ0) is 47.5. The Kier molecular flexibility index (Phi) is 23.1. The van der Waals surface area contributed by atoms with Gasteiger partial charge in [0.15, 0.2) is 5.78 Å². The number of hydrogen-bond acceptors (Lipinski definition) is 18. The predicted octanol–water partition coefficient (Wildman–Crippen LogP) is -0.774. The molecule has 0 aromatic carbocycles. The quantitative estimate of drug-likeness (QED) is 0.0212. The molecule has 27 nitrogen and oxygen atoms in total. The van der Waals surface area contributed by atoms with Gasteiger partial charge in [0.05, 0.1) is 31.7 Å². The summed E-state index contributed by atoms with van der Waals surface area (Å²) in [5.74, 6) is 1.07. The fourth-order valence-corrected chi connectivity index (χ4v) is 10.4. The number of H-pyrrole nitrogens is 1. The highest BCUT2D eigenvalue weighted by atomic mass is 33.1. The van der Waals surface area contributed by atoms with Gasteiger partial charge in [-0.1, -0.05) is 46.3 Å². The number of aliphatic hydroxyl groups is 1. The van der Waals surface area contributed by atoms with E-state index >= 15 is 0 Å². The minimum Gasteiger partial charge on any atom is -0.481 e. The molecule has 7 unspecified atom stereocenters. The number of aromatic amines is 1. The normalized spacial score (nSPS) is 19.0. The molecule has 1 fully saturated rings. The van der Waals surface area contributed by atoms with Crippen molar-refractivity contribution >= 4 is 80.5 Å². The van der Waals surface area contributed by atoms with Crippen LogP contribution in [0.2, 0.25) is 0 Å². The number of carbonyl (C=O) groups is 6. The summed E-state index contributed by atoms with van der Waals surface area (Å²) in [4.78, 5) is 134. The number of nitrogens with zero attached hydrogens (tertiary/aromatic N) is 1. The van der Waals surface area contributed by atoms with E-state index in [1.807, 2.05) is 4.98 Å². The zero-order valence-corrected chi connectivity index (χ0v) is 37.3. The molecular weight excluding hydrogens is 951 g/mol. The van der Waals surface area contributed by atoms with E-state index < -0.39 is 108 Å². The lowest BCUT2D eigenvalue weighted by atomic mass is 10.0. The van der Waals surface area contributed by atoms with Gasteiger partial charge < -0.3 is 55.6 Å². The maximum absolute atomic E-state index is 12.8. The molecule has 1 saturated heterocycles. The van der Waals surface area contributed by atoms with E-state index in [1.54, 1.807) is 0 Å². The molecule has 2 rings (SSSR count). The fourth-order valence-electron chi connectivity index (χ4n) is 5.19. The average Bonchev–Trinajstić information content (AvgIpc) is 3.51. The number of carboxylic acid groups (broad SMARTS) is 2. The lowest BCUT2D eigenvalue weighted by molar-refractivity contribution is -0.147. The maximum atomic E-state index is 12.8. The first kappa shape index (κ1) is 55.4. The van der Waals surface area contributed by atoms with E-state index in [1.165, 1.54) is 28.5 Å². The summed E-state index contributed by atoms with van der Waals surface area (Å²) in [6.07, 6.45) is -2.25. The Labute approximate surface area is 364 Å². The topological polar surface area (TPSA) is 423 Å². The monoisotopic (exact) mass is 997 g/mol. The number of rotatable bonds is 28. The van der Waals surface area contributed by atoms with E-state index in [9.17, 15) is 66.9 Å². The molecule has 0 radical (unpaired) electrons. The van der Waals surface area contributed by atoms with Crippen molar-refractivity contribution < 1.29 is 95.2 Å². The van der Waals surface area contributed by atoms with Crippen LogP contribution in [0.5, 0.6) is 0 Å². The van der Waals surface area contributed by atoms with Crippen LogP contribution in [0.25, 0.3) is 0 Å². The number of Topliss-reactive ketones (excluding diaryl/α,β-unsaturated/α-hetero) is 1. The van der Waals surface area contributed by atoms with E-state index in [-0.39, 0.29) is 49.3 Å². The highest BCUT2D eigenvalue weighted by molar-refractivity contribution is 8.76. The second kappa shape index (κ2) is 26.3. The standard InChI is InChI=1S/C31H46N5O22P3S2/c1-18(37)33-21(22(38)8-4-2-3-5-9-26(41)34-20(30(45)46)13-28(42)43)17-63-62-12-10-25(40)32-11-6-7-19-15-36(31(47)35-29(19)44)27-14-23(39)24(56-27)16-55-60(51,52)58-61(53,54)57-59(48,49)50/h15,20-21,23-24,27,39H,2-5,8-14,16-17H2,1H3,(H,32,40)(H,33,37)(H,34,41)(H,42,43)(H,45,46)(H,51,52)(H,53,54)(H,35,44,47)(H2,48,49,50).